The van der Waals surface area contributed by atoms with Crippen LogP contribution in [0.25, 0.3) is 6.08 Å². The molecule has 7 heteroatoms. The summed E-state index contributed by atoms with van der Waals surface area (Å²) in [6.07, 6.45) is 2.06. The summed E-state index contributed by atoms with van der Waals surface area (Å²) < 4.78 is 28.6. The van der Waals surface area contributed by atoms with E-state index >= 15 is 0 Å². The van der Waals surface area contributed by atoms with Crippen LogP contribution >= 0.6 is 0 Å². The number of rotatable bonds is 5. The summed E-state index contributed by atoms with van der Waals surface area (Å²) >= 11 is 0. The lowest BCUT2D eigenvalue weighted by Crippen LogP contribution is -2.05. The molecule has 0 aliphatic carbocycles. The zero-order chi connectivity index (χ0) is 14.4. The van der Waals surface area contributed by atoms with Gasteiger partial charge < -0.3 is 9.84 Å². The third kappa shape index (κ3) is 3.89. The molecule has 0 saturated heterocycles. The SMILES string of the molecule is N#Cc1cc(OC(F)F)c(/C=C/C(=O)O)cc1C=O. The van der Waals surface area contributed by atoms with E-state index in [1.807, 2.05) is 0 Å². The molecule has 0 atom stereocenters. The summed E-state index contributed by atoms with van der Waals surface area (Å²) in [5.41, 5.74) is -0.226. The zero-order valence-corrected chi connectivity index (χ0v) is 9.34. The predicted molar refractivity (Wildman–Crippen MR) is 59.8 cm³/mol. The highest BCUT2D eigenvalue weighted by Gasteiger charge is 2.13. The quantitative estimate of drug-likeness (QED) is 0.651. The fourth-order valence-electron chi connectivity index (χ4n) is 1.30. The van der Waals surface area contributed by atoms with E-state index in [9.17, 15) is 18.4 Å². The summed E-state index contributed by atoms with van der Waals surface area (Å²) in [5, 5.41) is 17.2. The van der Waals surface area contributed by atoms with E-state index in [4.69, 9.17) is 10.4 Å². The highest BCUT2D eigenvalue weighted by Crippen LogP contribution is 2.26. The van der Waals surface area contributed by atoms with Crippen molar-refractivity contribution in [2.24, 2.45) is 0 Å². The summed E-state index contributed by atoms with van der Waals surface area (Å²) in [7, 11) is 0. The van der Waals surface area contributed by atoms with E-state index in [1.54, 1.807) is 6.07 Å². The van der Waals surface area contributed by atoms with Gasteiger partial charge in [-0.25, -0.2) is 4.79 Å². The first-order valence-electron chi connectivity index (χ1n) is 4.87. The van der Waals surface area contributed by atoms with Gasteiger partial charge in [-0.05, 0) is 18.2 Å². The minimum atomic E-state index is -3.13. The van der Waals surface area contributed by atoms with Crippen molar-refractivity contribution in [1.82, 2.24) is 0 Å². The molecule has 0 fully saturated rings. The van der Waals surface area contributed by atoms with Crippen LogP contribution in [-0.2, 0) is 4.79 Å². The maximum Gasteiger partial charge on any atom is 0.387 e. The molecule has 1 rings (SSSR count). The predicted octanol–water partition coefficient (Wildman–Crippen LogP) is 2.07. The van der Waals surface area contributed by atoms with Crippen LogP contribution in [0.2, 0.25) is 0 Å². The molecule has 1 N–H and O–H groups in total. The number of carbonyl (C=O) groups excluding carboxylic acids is 1. The van der Waals surface area contributed by atoms with Crippen LogP contribution in [0.4, 0.5) is 8.78 Å². The number of halogens is 2. The molecule has 0 saturated carbocycles. The van der Waals surface area contributed by atoms with E-state index in [-0.39, 0.29) is 22.4 Å². The number of carboxylic acids is 1. The van der Waals surface area contributed by atoms with Crippen LogP contribution in [0, 0.1) is 11.3 Å². The Morgan fingerprint density at radius 2 is 2.11 bits per heavy atom. The molecule has 98 valence electrons. The molecule has 19 heavy (non-hydrogen) atoms. The molecule has 1 aromatic carbocycles. The van der Waals surface area contributed by atoms with Crippen LogP contribution in [0.1, 0.15) is 21.5 Å². The number of hydrogen-bond acceptors (Lipinski definition) is 4. The third-order valence-corrected chi connectivity index (χ3v) is 2.05. The highest BCUT2D eigenvalue weighted by molar-refractivity contribution is 5.87. The van der Waals surface area contributed by atoms with Crippen molar-refractivity contribution in [2.45, 2.75) is 6.61 Å². The van der Waals surface area contributed by atoms with Crippen molar-refractivity contribution in [1.29, 1.82) is 5.26 Å². The van der Waals surface area contributed by atoms with Crippen molar-refractivity contribution < 1.29 is 28.2 Å². The second-order valence-electron chi connectivity index (χ2n) is 3.26. The summed E-state index contributed by atoms with van der Waals surface area (Å²) in [6.45, 7) is -3.13. The van der Waals surface area contributed by atoms with Crippen molar-refractivity contribution in [3.8, 4) is 11.8 Å². The Balaban J connectivity index is 3.35. The number of hydrogen-bond donors (Lipinski definition) is 1. The van der Waals surface area contributed by atoms with Crippen molar-refractivity contribution in [3.05, 3.63) is 34.9 Å². The molecule has 0 amide bonds. The Bertz CT molecular complexity index is 576. The molecule has 0 aliphatic heterocycles. The number of ether oxygens (including phenoxy) is 1. The first-order chi connectivity index (χ1) is 8.97. The van der Waals surface area contributed by atoms with Crippen LogP contribution < -0.4 is 4.74 Å². The summed E-state index contributed by atoms with van der Waals surface area (Å²) in [5.74, 6) is -1.67. The lowest BCUT2D eigenvalue weighted by molar-refractivity contribution is -0.131. The van der Waals surface area contributed by atoms with Crippen LogP contribution in [0.15, 0.2) is 18.2 Å². The van der Waals surface area contributed by atoms with Gasteiger partial charge in [0.05, 0.1) is 5.56 Å². The van der Waals surface area contributed by atoms with Crippen LogP contribution in [-0.4, -0.2) is 24.0 Å². The molecule has 0 bridgehead atoms. The first kappa shape index (κ1) is 14.3. The minimum absolute atomic E-state index is 0.0381. The molecular weight excluding hydrogens is 260 g/mol. The molecule has 0 unspecified atom stereocenters. The molecule has 1 aromatic rings. The molecular formula is C12H7F2NO4. The van der Waals surface area contributed by atoms with Crippen molar-refractivity contribution in [3.63, 3.8) is 0 Å². The monoisotopic (exact) mass is 267 g/mol. The number of aliphatic carboxylic acids is 1. The number of carboxylic acid groups (broad SMARTS) is 1. The van der Waals surface area contributed by atoms with Gasteiger partial charge in [-0.2, -0.15) is 14.0 Å². The summed E-state index contributed by atoms with van der Waals surface area (Å²) in [6, 6.07) is 3.71. The Kier molecular flexibility index (Phi) is 4.71. The molecule has 0 aromatic heterocycles. The number of carbonyl (C=O) groups is 2. The largest absolute Gasteiger partial charge is 0.478 e. The standard InChI is InChI=1S/C12H7F2NO4/c13-12(14)19-10-4-8(5-15)9(6-16)3-7(10)1-2-11(17)18/h1-4,6,12H,(H,17,18)/b2-1+. The Hall–Kier alpha value is -2.75. The Morgan fingerprint density at radius 1 is 1.42 bits per heavy atom. The first-order valence-corrected chi connectivity index (χ1v) is 4.87. The van der Waals surface area contributed by atoms with Gasteiger partial charge in [0, 0.05) is 17.2 Å². The molecule has 0 aliphatic rings. The Morgan fingerprint density at radius 3 is 2.58 bits per heavy atom. The lowest BCUT2D eigenvalue weighted by atomic mass is 10.0. The average Bonchev–Trinajstić information content (AvgIpc) is 2.35. The van der Waals surface area contributed by atoms with Crippen LogP contribution in [0.5, 0.6) is 5.75 Å². The van der Waals surface area contributed by atoms with Crippen molar-refractivity contribution in [2.75, 3.05) is 0 Å². The molecule has 0 radical (unpaired) electrons. The minimum Gasteiger partial charge on any atom is -0.478 e. The average molecular weight is 267 g/mol. The van der Waals surface area contributed by atoms with E-state index in [2.05, 4.69) is 4.74 Å². The molecule has 0 spiro atoms. The van der Waals surface area contributed by atoms with E-state index in [1.165, 1.54) is 0 Å². The van der Waals surface area contributed by atoms with Crippen LogP contribution in [0.3, 0.4) is 0 Å². The van der Waals surface area contributed by atoms with Gasteiger partial charge >= 0.3 is 12.6 Å². The number of benzene rings is 1. The number of alkyl halides is 2. The zero-order valence-electron chi connectivity index (χ0n) is 9.34. The number of nitriles is 1. The lowest BCUT2D eigenvalue weighted by Gasteiger charge is -2.09. The smallest absolute Gasteiger partial charge is 0.387 e. The normalized spacial score (nSPS) is 10.4. The molecule has 5 nitrogen and oxygen atoms in total. The van der Waals surface area contributed by atoms with Gasteiger partial charge in [0.1, 0.15) is 11.8 Å². The van der Waals surface area contributed by atoms with E-state index < -0.39 is 12.6 Å². The number of aldehydes is 1. The third-order valence-electron chi connectivity index (χ3n) is 2.05. The van der Waals surface area contributed by atoms with Gasteiger partial charge in [0.25, 0.3) is 0 Å². The highest BCUT2D eigenvalue weighted by atomic mass is 19.3. The maximum atomic E-state index is 12.2. The number of nitrogens with zero attached hydrogens (tertiary/aromatic N) is 1. The second-order valence-corrected chi connectivity index (χ2v) is 3.26. The fourth-order valence-corrected chi connectivity index (χ4v) is 1.30. The summed E-state index contributed by atoms with van der Waals surface area (Å²) in [4.78, 5) is 21.1. The van der Waals surface area contributed by atoms with Gasteiger partial charge in [-0.1, -0.05) is 0 Å². The maximum absolute atomic E-state index is 12.2. The van der Waals surface area contributed by atoms with Gasteiger partial charge in [-0.15, -0.1) is 0 Å². The van der Waals surface area contributed by atoms with Gasteiger partial charge in [-0.3, -0.25) is 4.79 Å². The second kappa shape index (κ2) is 6.26. The van der Waals surface area contributed by atoms with E-state index in [0.717, 1.165) is 18.2 Å². The Labute approximate surface area is 106 Å². The topological polar surface area (TPSA) is 87.4 Å². The molecule has 0 heterocycles. The van der Waals surface area contributed by atoms with Crippen molar-refractivity contribution >= 4 is 18.3 Å². The van der Waals surface area contributed by atoms with E-state index in [0.29, 0.717) is 12.4 Å². The fraction of sp³-hybridized carbons (Fsp3) is 0.0833. The van der Waals surface area contributed by atoms with Gasteiger partial charge in [0.2, 0.25) is 0 Å². The van der Waals surface area contributed by atoms with Gasteiger partial charge in [0.15, 0.2) is 6.29 Å².